The summed E-state index contributed by atoms with van der Waals surface area (Å²) in [5, 5.41) is 12.0. The van der Waals surface area contributed by atoms with Crippen molar-refractivity contribution in [1.82, 2.24) is 9.55 Å². The van der Waals surface area contributed by atoms with E-state index in [0.717, 1.165) is 24.2 Å². The normalized spacial score (nSPS) is 13.2. The van der Waals surface area contributed by atoms with E-state index in [-0.39, 0.29) is 11.6 Å². The van der Waals surface area contributed by atoms with Gasteiger partial charge < -0.3 is 14.6 Å². The third-order valence-electron chi connectivity index (χ3n) is 5.28. The van der Waals surface area contributed by atoms with Crippen molar-refractivity contribution >= 4 is 17.5 Å². The number of carbonyl (C=O) groups is 2. The van der Waals surface area contributed by atoms with Crippen molar-refractivity contribution in [2.75, 3.05) is 5.32 Å². The van der Waals surface area contributed by atoms with Gasteiger partial charge in [-0.25, -0.2) is 4.98 Å². The highest BCUT2D eigenvalue weighted by molar-refractivity contribution is 6.12. The maximum atomic E-state index is 13.2. The molecule has 4 rings (SSSR count). The van der Waals surface area contributed by atoms with Gasteiger partial charge in [0.05, 0.1) is 5.56 Å². The molecule has 0 bridgehead atoms. The van der Waals surface area contributed by atoms with Gasteiger partial charge in [0.25, 0.3) is 5.91 Å². The fraction of sp³-hybridized carbons (Fsp3) is 0.250. The highest BCUT2D eigenvalue weighted by Crippen LogP contribution is 2.27. The Balaban J connectivity index is 1.58. The summed E-state index contributed by atoms with van der Waals surface area (Å²) in [6, 6.07) is 16.1. The number of ether oxygens (including phenoxy) is 1. The maximum absolute atomic E-state index is 13.2. The van der Waals surface area contributed by atoms with Gasteiger partial charge >= 0.3 is 0 Å². The number of fused-ring (bicyclic) bond motifs is 1. The minimum Gasteiger partial charge on any atom is -0.480 e. The first-order chi connectivity index (χ1) is 15.0. The zero-order valence-corrected chi connectivity index (χ0v) is 17.4. The van der Waals surface area contributed by atoms with Crippen LogP contribution in [0.1, 0.15) is 46.3 Å². The van der Waals surface area contributed by atoms with Gasteiger partial charge in [-0.2, -0.15) is 5.26 Å². The van der Waals surface area contributed by atoms with Gasteiger partial charge in [-0.15, -0.1) is 0 Å². The predicted molar refractivity (Wildman–Crippen MR) is 115 cm³/mol. The number of aromatic nitrogens is 2. The van der Waals surface area contributed by atoms with Crippen molar-refractivity contribution in [2.24, 2.45) is 0 Å². The molecule has 1 aliphatic rings. The second-order valence-electron chi connectivity index (χ2n) is 7.53. The lowest BCUT2D eigenvalue weighted by molar-refractivity contribution is -0.122. The van der Waals surface area contributed by atoms with Crippen molar-refractivity contribution in [3.8, 4) is 11.8 Å². The van der Waals surface area contributed by atoms with Crippen molar-refractivity contribution in [3.05, 3.63) is 76.7 Å². The topological polar surface area (TPSA) is 97.0 Å². The second-order valence-corrected chi connectivity index (χ2v) is 7.53. The average Bonchev–Trinajstić information content (AvgIpc) is 3.35. The van der Waals surface area contributed by atoms with Gasteiger partial charge in [-0.3, -0.25) is 9.59 Å². The van der Waals surface area contributed by atoms with Crippen LogP contribution < -0.4 is 10.1 Å². The summed E-state index contributed by atoms with van der Waals surface area (Å²) >= 11 is 0. The Bertz CT molecular complexity index is 1190. The molecular formula is C24H22N4O3. The molecule has 0 unspecified atom stereocenters. The van der Waals surface area contributed by atoms with Crippen LogP contribution in [0.25, 0.3) is 0 Å². The number of nitrogens with one attached hydrogen (secondary N) is 1. The highest BCUT2D eigenvalue weighted by Gasteiger charge is 2.29. The second kappa shape index (κ2) is 8.44. The number of para-hydroxylation sites is 1. The molecule has 2 aromatic carbocycles. The van der Waals surface area contributed by atoms with Gasteiger partial charge in [0.2, 0.25) is 5.78 Å². The molecule has 0 aliphatic carbocycles. The molecule has 0 radical (unpaired) electrons. The Kier molecular flexibility index (Phi) is 5.54. The number of imidazole rings is 1. The van der Waals surface area contributed by atoms with Crippen LogP contribution in [-0.2, 0) is 17.8 Å². The number of carbonyl (C=O) groups excluding carboxylic acids is 2. The number of hydrogen-bond donors (Lipinski definition) is 1. The minimum absolute atomic E-state index is 0.181. The smallest absolute Gasteiger partial charge is 0.266 e. The Morgan fingerprint density at radius 2 is 1.94 bits per heavy atom. The first-order valence-corrected chi connectivity index (χ1v) is 10.2. The van der Waals surface area contributed by atoms with E-state index in [1.54, 1.807) is 43.3 Å². The molecule has 0 spiro atoms. The van der Waals surface area contributed by atoms with E-state index in [1.165, 1.54) is 0 Å². The highest BCUT2D eigenvalue weighted by atomic mass is 16.5. The number of nitriles is 1. The standard InChI is InChI=1S/C24H22N4O3/c1-15-9-11-17(12-10-15)22(29)21-23(26-20-8-5-13-28(20)21)27-24(30)16(2)31-19-7-4-3-6-18(19)14-25/h3-4,6-7,9-12,16H,5,8,13H2,1-2H3,(H,27,30)/t16-/m0/s1. The van der Waals surface area contributed by atoms with Crippen LogP contribution >= 0.6 is 0 Å². The van der Waals surface area contributed by atoms with Gasteiger partial charge in [0.1, 0.15) is 23.3 Å². The van der Waals surface area contributed by atoms with Crippen LogP contribution in [0.4, 0.5) is 5.82 Å². The van der Waals surface area contributed by atoms with Gasteiger partial charge in [0.15, 0.2) is 11.9 Å². The van der Waals surface area contributed by atoms with E-state index in [9.17, 15) is 14.9 Å². The van der Waals surface area contributed by atoms with E-state index in [1.807, 2.05) is 29.7 Å². The summed E-state index contributed by atoms with van der Waals surface area (Å²) in [5.74, 6) is 0.737. The molecule has 31 heavy (non-hydrogen) atoms. The van der Waals surface area contributed by atoms with E-state index >= 15 is 0 Å². The molecule has 0 saturated heterocycles. The number of aryl methyl sites for hydroxylation is 2. The van der Waals surface area contributed by atoms with Gasteiger partial charge in [0, 0.05) is 18.5 Å². The Labute approximate surface area is 180 Å². The fourth-order valence-corrected chi connectivity index (χ4v) is 3.61. The van der Waals surface area contributed by atoms with E-state index < -0.39 is 12.0 Å². The summed E-state index contributed by atoms with van der Waals surface area (Å²) in [6.07, 6.45) is 0.786. The Morgan fingerprint density at radius 3 is 2.68 bits per heavy atom. The number of hydrogen-bond acceptors (Lipinski definition) is 5. The first kappa shape index (κ1) is 20.4. The lowest BCUT2D eigenvalue weighted by Crippen LogP contribution is -2.31. The molecule has 1 N–H and O–H groups in total. The molecule has 7 heteroatoms. The molecule has 0 fully saturated rings. The molecule has 1 atom stereocenters. The molecule has 1 aliphatic heterocycles. The number of anilines is 1. The van der Waals surface area contributed by atoms with E-state index in [0.29, 0.717) is 29.1 Å². The van der Waals surface area contributed by atoms with Crippen molar-refractivity contribution < 1.29 is 14.3 Å². The molecule has 1 amide bonds. The quantitative estimate of drug-likeness (QED) is 0.621. The van der Waals surface area contributed by atoms with Gasteiger partial charge in [-0.1, -0.05) is 42.0 Å². The monoisotopic (exact) mass is 414 g/mol. The Morgan fingerprint density at radius 1 is 1.19 bits per heavy atom. The summed E-state index contributed by atoms with van der Waals surface area (Å²) in [4.78, 5) is 30.6. The van der Waals surface area contributed by atoms with Gasteiger partial charge in [-0.05, 0) is 32.4 Å². The minimum atomic E-state index is -0.881. The first-order valence-electron chi connectivity index (χ1n) is 10.2. The molecule has 7 nitrogen and oxygen atoms in total. The van der Waals surface area contributed by atoms with Crippen LogP contribution in [0.15, 0.2) is 48.5 Å². The van der Waals surface area contributed by atoms with Crippen molar-refractivity contribution in [3.63, 3.8) is 0 Å². The lowest BCUT2D eigenvalue weighted by atomic mass is 10.1. The van der Waals surface area contributed by atoms with Crippen LogP contribution in [-0.4, -0.2) is 27.3 Å². The lowest BCUT2D eigenvalue weighted by Gasteiger charge is -2.15. The largest absolute Gasteiger partial charge is 0.480 e. The summed E-state index contributed by atoms with van der Waals surface area (Å²) in [5.41, 5.74) is 2.34. The number of benzene rings is 2. The zero-order chi connectivity index (χ0) is 22.0. The maximum Gasteiger partial charge on any atom is 0.266 e. The molecular weight excluding hydrogens is 392 g/mol. The average molecular weight is 414 g/mol. The zero-order valence-electron chi connectivity index (χ0n) is 17.4. The van der Waals surface area contributed by atoms with Crippen molar-refractivity contribution in [2.45, 2.75) is 39.3 Å². The third-order valence-corrected chi connectivity index (χ3v) is 5.28. The third kappa shape index (κ3) is 4.05. The van der Waals surface area contributed by atoms with Crippen molar-refractivity contribution in [1.29, 1.82) is 5.26 Å². The number of nitrogens with zero attached hydrogens (tertiary/aromatic N) is 3. The predicted octanol–water partition coefficient (Wildman–Crippen LogP) is 3.65. The molecule has 2 heterocycles. The number of rotatable bonds is 6. The molecule has 3 aromatic rings. The van der Waals surface area contributed by atoms with Crippen LogP contribution in [0.3, 0.4) is 0 Å². The number of ketones is 1. The SMILES string of the molecule is Cc1ccc(C(=O)c2c(NC(=O)[C@H](C)Oc3ccccc3C#N)nc3n2CCC3)cc1. The fourth-order valence-electron chi connectivity index (χ4n) is 3.61. The number of amides is 1. The summed E-state index contributed by atoms with van der Waals surface area (Å²) < 4.78 is 7.58. The molecule has 1 aromatic heterocycles. The summed E-state index contributed by atoms with van der Waals surface area (Å²) in [7, 11) is 0. The van der Waals surface area contributed by atoms with E-state index in [2.05, 4.69) is 10.3 Å². The Hall–Kier alpha value is -3.92. The summed E-state index contributed by atoms with van der Waals surface area (Å²) in [6.45, 7) is 4.24. The van der Waals surface area contributed by atoms with E-state index in [4.69, 9.17) is 4.74 Å². The van der Waals surface area contributed by atoms with Crippen LogP contribution in [0.2, 0.25) is 0 Å². The van der Waals surface area contributed by atoms with Crippen LogP contribution in [0, 0.1) is 18.3 Å². The van der Waals surface area contributed by atoms with Crippen LogP contribution in [0.5, 0.6) is 5.75 Å². The molecule has 0 saturated carbocycles. The molecule has 156 valence electrons.